The lowest BCUT2D eigenvalue weighted by atomic mass is 10.1. The van der Waals surface area contributed by atoms with Gasteiger partial charge in [-0.1, -0.05) is 28.1 Å². The van der Waals surface area contributed by atoms with Crippen LogP contribution in [0.1, 0.15) is 16.0 Å². The minimum atomic E-state index is -0.188. The fourth-order valence-electron chi connectivity index (χ4n) is 0.841. The van der Waals surface area contributed by atoms with Crippen LogP contribution in [-0.2, 0) is 0 Å². The zero-order valence-corrected chi connectivity index (χ0v) is 10.3. The first-order valence-electron chi connectivity index (χ1n) is 3.45. The lowest BCUT2D eigenvalue weighted by Gasteiger charge is -2.03. The van der Waals surface area contributed by atoms with Crippen molar-refractivity contribution in [3.05, 3.63) is 32.9 Å². The number of nitrogens with zero attached hydrogens (tertiary/aromatic N) is 1. The minimum Gasteiger partial charge on any atom is -0.197 e. The van der Waals surface area contributed by atoms with E-state index in [0.717, 1.165) is 5.56 Å². The Hall–Kier alpha value is -0.0800. The average molecular weight is 336 g/mol. The van der Waals surface area contributed by atoms with Gasteiger partial charge >= 0.3 is 0 Å². The van der Waals surface area contributed by atoms with Crippen molar-refractivity contribution in [3.8, 4) is 6.07 Å². The van der Waals surface area contributed by atoms with Crippen molar-refractivity contribution in [1.29, 1.82) is 5.26 Å². The molecule has 0 radical (unpaired) electrons. The molecule has 1 aromatic rings. The molecule has 0 aliphatic carbocycles. The minimum absolute atomic E-state index is 0.188. The summed E-state index contributed by atoms with van der Waals surface area (Å²) in [5.74, 6) is 0. The van der Waals surface area contributed by atoms with Crippen LogP contribution in [0.4, 0.5) is 0 Å². The monoisotopic (exact) mass is 335 g/mol. The third-order valence-corrected chi connectivity index (χ3v) is 3.50. The van der Waals surface area contributed by atoms with Crippen LogP contribution in [0.25, 0.3) is 0 Å². The predicted molar refractivity (Wildman–Crippen MR) is 61.2 cm³/mol. The summed E-state index contributed by atoms with van der Waals surface area (Å²) in [5.41, 5.74) is 2.27. The Morgan fingerprint density at radius 2 is 2.25 bits per heavy atom. The second-order valence-electron chi connectivity index (χ2n) is 2.50. The van der Waals surface area contributed by atoms with Crippen LogP contribution in [0, 0.1) is 21.8 Å². The first-order valence-corrected chi connectivity index (χ1v) is 5.44. The van der Waals surface area contributed by atoms with Gasteiger partial charge in [0.05, 0.1) is 6.07 Å². The molecule has 62 valence electrons. The van der Waals surface area contributed by atoms with Gasteiger partial charge in [-0.05, 0) is 46.7 Å². The molecule has 0 bridgehead atoms. The molecule has 1 rings (SSSR count). The Morgan fingerprint density at radius 3 is 2.75 bits per heavy atom. The van der Waals surface area contributed by atoms with E-state index in [1.807, 2.05) is 18.2 Å². The number of nitriles is 1. The Kier molecular flexibility index (Phi) is 3.53. The van der Waals surface area contributed by atoms with Crippen molar-refractivity contribution < 1.29 is 0 Å². The predicted octanol–water partition coefficient (Wildman–Crippen LogP) is 3.56. The maximum atomic E-state index is 8.65. The number of hydrogen-bond donors (Lipinski definition) is 0. The molecule has 0 amide bonds. The highest BCUT2D eigenvalue weighted by molar-refractivity contribution is 14.1. The van der Waals surface area contributed by atoms with Crippen LogP contribution in [-0.4, -0.2) is 0 Å². The molecule has 0 aliphatic heterocycles. The largest absolute Gasteiger partial charge is 0.197 e. The van der Waals surface area contributed by atoms with Crippen LogP contribution < -0.4 is 0 Å². The van der Waals surface area contributed by atoms with Crippen LogP contribution in [0.2, 0.25) is 0 Å². The van der Waals surface area contributed by atoms with Crippen molar-refractivity contribution in [2.45, 2.75) is 11.8 Å². The van der Waals surface area contributed by atoms with Crippen molar-refractivity contribution in [2.24, 2.45) is 0 Å². The van der Waals surface area contributed by atoms with Gasteiger partial charge in [0.25, 0.3) is 0 Å². The van der Waals surface area contributed by atoms with E-state index < -0.39 is 0 Å². The Morgan fingerprint density at radius 1 is 1.58 bits per heavy atom. The highest BCUT2D eigenvalue weighted by atomic mass is 127. The number of benzene rings is 1. The fourth-order valence-corrected chi connectivity index (χ4v) is 1.67. The zero-order chi connectivity index (χ0) is 9.14. The Labute approximate surface area is 94.0 Å². The number of aryl methyl sites for hydroxylation is 1. The van der Waals surface area contributed by atoms with Gasteiger partial charge in [-0.2, -0.15) is 5.26 Å². The van der Waals surface area contributed by atoms with Gasteiger partial charge in [-0.25, -0.2) is 0 Å². The molecular formula is C9H7BrIN. The molecule has 0 aromatic heterocycles. The SMILES string of the molecule is Cc1ccc(C(Br)C#N)cc1I. The summed E-state index contributed by atoms with van der Waals surface area (Å²) < 4.78 is 1.20. The summed E-state index contributed by atoms with van der Waals surface area (Å²) in [6.45, 7) is 2.06. The molecule has 0 fully saturated rings. The van der Waals surface area contributed by atoms with E-state index in [0.29, 0.717) is 0 Å². The molecular weight excluding hydrogens is 329 g/mol. The molecule has 0 spiro atoms. The van der Waals surface area contributed by atoms with Gasteiger partial charge in [0.15, 0.2) is 0 Å². The molecule has 12 heavy (non-hydrogen) atoms. The van der Waals surface area contributed by atoms with Gasteiger partial charge in [-0.3, -0.25) is 0 Å². The van der Waals surface area contributed by atoms with Crippen molar-refractivity contribution in [3.63, 3.8) is 0 Å². The molecule has 1 aromatic carbocycles. The van der Waals surface area contributed by atoms with Gasteiger partial charge < -0.3 is 0 Å². The van der Waals surface area contributed by atoms with Crippen LogP contribution >= 0.6 is 38.5 Å². The van der Waals surface area contributed by atoms with E-state index in [2.05, 4.69) is 51.5 Å². The molecule has 1 nitrogen and oxygen atoms in total. The summed E-state index contributed by atoms with van der Waals surface area (Å²) in [7, 11) is 0. The Bertz CT molecular complexity index is 330. The van der Waals surface area contributed by atoms with Crippen LogP contribution in [0.5, 0.6) is 0 Å². The van der Waals surface area contributed by atoms with Crippen molar-refractivity contribution in [1.82, 2.24) is 0 Å². The average Bonchev–Trinajstić information content (AvgIpc) is 2.08. The quantitative estimate of drug-likeness (QED) is 0.568. The van der Waals surface area contributed by atoms with Gasteiger partial charge in [-0.15, -0.1) is 0 Å². The molecule has 1 unspecified atom stereocenters. The van der Waals surface area contributed by atoms with Crippen molar-refractivity contribution in [2.75, 3.05) is 0 Å². The molecule has 0 heterocycles. The summed E-state index contributed by atoms with van der Waals surface area (Å²) in [5, 5.41) is 8.65. The van der Waals surface area contributed by atoms with Gasteiger partial charge in [0.1, 0.15) is 4.83 Å². The summed E-state index contributed by atoms with van der Waals surface area (Å²) in [6.07, 6.45) is 0. The number of halogens is 2. The van der Waals surface area contributed by atoms with Gasteiger partial charge in [0.2, 0.25) is 0 Å². The number of alkyl halides is 1. The second-order valence-corrected chi connectivity index (χ2v) is 4.58. The highest BCUT2D eigenvalue weighted by Crippen LogP contribution is 2.24. The number of hydrogen-bond acceptors (Lipinski definition) is 1. The maximum Gasteiger partial charge on any atom is 0.126 e. The number of rotatable bonds is 1. The summed E-state index contributed by atoms with van der Waals surface area (Å²) in [4.78, 5) is -0.188. The van der Waals surface area contributed by atoms with Crippen LogP contribution in [0.3, 0.4) is 0 Å². The Balaban J connectivity index is 3.06. The summed E-state index contributed by atoms with van der Waals surface area (Å²) >= 11 is 5.55. The van der Waals surface area contributed by atoms with E-state index in [4.69, 9.17) is 5.26 Å². The first-order chi connectivity index (χ1) is 5.65. The lowest BCUT2D eigenvalue weighted by Crippen LogP contribution is -1.88. The molecule has 0 saturated carbocycles. The van der Waals surface area contributed by atoms with E-state index in [-0.39, 0.29) is 4.83 Å². The van der Waals surface area contributed by atoms with E-state index in [1.165, 1.54) is 9.13 Å². The molecule has 0 N–H and O–H groups in total. The third kappa shape index (κ3) is 2.20. The van der Waals surface area contributed by atoms with Gasteiger partial charge in [0, 0.05) is 3.57 Å². The molecule has 3 heteroatoms. The second kappa shape index (κ2) is 4.24. The molecule has 0 aliphatic rings. The van der Waals surface area contributed by atoms with Crippen LogP contribution in [0.15, 0.2) is 18.2 Å². The van der Waals surface area contributed by atoms with E-state index >= 15 is 0 Å². The van der Waals surface area contributed by atoms with Crippen molar-refractivity contribution >= 4 is 38.5 Å². The topological polar surface area (TPSA) is 23.8 Å². The molecule has 1 atom stereocenters. The first kappa shape index (κ1) is 10.0. The lowest BCUT2D eigenvalue weighted by molar-refractivity contribution is 1.23. The third-order valence-electron chi connectivity index (χ3n) is 1.60. The fraction of sp³-hybridized carbons (Fsp3) is 0.222. The standard InChI is InChI=1S/C9H7BrIN/c1-6-2-3-7(4-9(6)11)8(10)5-12/h2-4,8H,1H3. The smallest absolute Gasteiger partial charge is 0.126 e. The normalized spacial score (nSPS) is 12.2. The van der Waals surface area contributed by atoms with E-state index in [9.17, 15) is 0 Å². The van der Waals surface area contributed by atoms with E-state index in [1.54, 1.807) is 0 Å². The zero-order valence-electron chi connectivity index (χ0n) is 6.51. The maximum absolute atomic E-state index is 8.65. The highest BCUT2D eigenvalue weighted by Gasteiger charge is 2.05. The summed E-state index contributed by atoms with van der Waals surface area (Å²) in [6, 6.07) is 8.17. The molecule has 0 saturated heterocycles.